The molecule has 1 saturated carbocycles. The predicted octanol–water partition coefficient (Wildman–Crippen LogP) is 2.62. The standard InChI is InChI=1S/C21H26N4O2S/c26-20-16-13-25(21(27)18-2-1-11-28-18)10-7-17(16)22-19(23-20)15-5-8-24(9-6-15)12-14-3-4-14/h1-2,11,14-15H,3-10,12-13H2,(H,22,23,26). The number of aromatic nitrogens is 2. The third-order valence-electron chi connectivity index (χ3n) is 6.29. The van der Waals surface area contributed by atoms with Gasteiger partial charge in [-0.3, -0.25) is 9.59 Å². The lowest BCUT2D eigenvalue weighted by Gasteiger charge is -2.32. The van der Waals surface area contributed by atoms with Crippen LogP contribution in [0.15, 0.2) is 22.3 Å². The smallest absolute Gasteiger partial charge is 0.264 e. The molecule has 3 aliphatic rings. The van der Waals surface area contributed by atoms with Crippen LogP contribution < -0.4 is 5.56 Å². The number of hydrogen-bond donors (Lipinski definition) is 1. The van der Waals surface area contributed by atoms with Crippen molar-refractivity contribution in [3.63, 3.8) is 0 Å². The second-order valence-electron chi connectivity index (χ2n) is 8.35. The molecule has 0 radical (unpaired) electrons. The number of carbonyl (C=O) groups is 1. The number of piperidine rings is 1. The van der Waals surface area contributed by atoms with Gasteiger partial charge in [0.05, 0.1) is 22.7 Å². The number of H-pyrrole nitrogens is 1. The zero-order valence-corrected chi connectivity index (χ0v) is 16.8. The fourth-order valence-electron chi connectivity index (χ4n) is 4.42. The first-order valence-corrected chi connectivity index (χ1v) is 11.2. The molecular formula is C21H26N4O2S. The molecule has 1 aliphatic carbocycles. The van der Waals surface area contributed by atoms with E-state index in [9.17, 15) is 9.59 Å². The minimum Gasteiger partial charge on any atom is -0.333 e. The molecule has 2 aromatic heterocycles. The van der Waals surface area contributed by atoms with Crippen LogP contribution in [0.1, 0.15) is 58.4 Å². The van der Waals surface area contributed by atoms with Gasteiger partial charge in [-0.05, 0) is 56.1 Å². The monoisotopic (exact) mass is 398 g/mol. The molecule has 0 atom stereocenters. The Labute approximate surface area is 168 Å². The second kappa shape index (κ2) is 7.44. The molecule has 1 N–H and O–H groups in total. The number of nitrogens with one attached hydrogen (secondary N) is 1. The molecule has 2 aliphatic heterocycles. The first kappa shape index (κ1) is 18.1. The van der Waals surface area contributed by atoms with E-state index < -0.39 is 0 Å². The Bertz CT molecular complexity index is 911. The summed E-state index contributed by atoms with van der Waals surface area (Å²) >= 11 is 1.44. The van der Waals surface area contributed by atoms with Crippen LogP contribution in [0.4, 0.5) is 0 Å². The van der Waals surface area contributed by atoms with Crippen LogP contribution in [0.25, 0.3) is 0 Å². The Kier molecular flexibility index (Phi) is 4.80. The summed E-state index contributed by atoms with van der Waals surface area (Å²) in [4.78, 5) is 38.3. The normalized spacial score (nSPS) is 20.9. The van der Waals surface area contributed by atoms with E-state index in [0.717, 1.165) is 48.2 Å². The Morgan fingerprint density at radius 2 is 2.04 bits per heavy atom. The van der Waals surface area contributed by atoms with Gasteiger partial charge in [-0.2, -0.15) is 0 Å². The largest absolute Gasteiger partial charge is 0.333 e. The number of thiophene rings is 1. The Hall–Kier alpha value is -1.99. The topological polar surface area (TPSA) is 69.3 Å². The van der Waals surface area contributed by atoms with E-state index in [1.165, 1.54) is 30.7 Å². The average molecular weight is 399 g/mol. The zero-order chi connectivity index (χ0) is 19.1. The Morgan fingerprint density at radius 1 is 1.21 bits per heavy atom. The van der Waals surface area contributed by atoms with Crippen LogP contribution in [0.3, 0.4) is 0 Å². The molecule has 5 rings (SSSR count). The third kappa shape index (κ3) is 3.65. The van der Waals surface area contributed by atoms with Crippen LogP contribution in [-0.2, 0) is 13.0 Å². The van der Waals surface area contributed by atoms with E-state index in [4.69, 9.17) is 4.98 Å². The van der Waals surface area contributed by atoms with Gasteiger partial charge in [0.2, 0.25) is 0 Å². The molecule has 0 bridgehead atoms. The van der Waals surface area contributed by atoms with Crippen molar-refractivity contribution in [1.82, 2.24) is 19.8 Å². The lowest BCUT2D eigenvalue weighted by Crippen LogP contribution is -2.40. The summed E-state index contributed by atoms with van der Waals surface area (Å²) in [5.74, 6) is 2.14. The summed E-state index contributed by atoms with van der Waals surface area (Å²) in [6.07, 6.45) is 5.58. The van der Waals surface area contributed by atoms with Gasteiger partial charge in [0.25, 0.3) is 11.5 Å². The predicted molar refractivity (Wildman–Crippen MR) is 109 cm³/mol. The molecule has 148 valence electrons. The molecule has 4 heterocycles. The highest BCUT2D eigenvalue weighted by atomic mass is 32.1. The summed E-state index contributed by atoms with van der Waals surface area (Å²) < 4.78 is 0. The SMILES string of the molecule is O=C(c1cccs1)N1CCc2nc(C3CCN(CC4CC4)CC3)[nH]c(=O)c2C1. The molecule has 1 saturated heterocycles. The fraction of sp³-hybridized carbons (Fsp3) is 0.571. The van der Waals surface area contributed by atoms with Gasteiger partial charge in [0, 0.05) is 25.4 Å². The summed E-state index contributed by atoms with van der Waals surface area (Å²) in [5, 5.41) is 1.90. The van der Waals surface area contributed by atoms with Crippen molar-refractivity contribution < 1.29 is 4.79 Å². The van der Waals surface area contributed by atoms with Crippen molar-refractivity contribution in [2.45, 2.75) is 44.6 Å². The number of hydrogen-bond acceptors (Lipinski definition) is 5. The molecule has 7 heteroatoms. The van der Waals surface area contributed by atoms with E-state index in [1.807, 2.05) is 17.5 Å². The van der Waals surface area contributed by atoms with Crippen molar-refractivity contribution in [3.05, 3.63) is 49.8 Å². The number of fused-ring (bicyclic) bond motifs is 1. The maximum Gasteiger partial charge on any atom is 0.264 e. The van der Waals surface area contributed by atoms with E-state index in [0.29, 0.717) is 31.0 Å². The van der Waals surface area contributed by atoms with Gasteiger partial charge in [0.1, 0.15) is 5.82 Å². The van der Waals surface area contributed by atoms with Gasteiger partial charge in [-0.15, -0.1) is 11.3 Å². The van der Waals surface area contributed by atoms with Crippen LogP contribution in [0.2, 0.25) is 0 Å². The third-order valence-corrected chi connectivity index (χ3v) is 7.15. The highest BCUT2D eigenvalue weighted by Crippen LogP contribution is 2.32. The molecule has 0 unspecified atom stereocenters. The van der Waals surface area contributed by atoms with Gasteiger partial charge in [0.15, 0.2) is 0 Å². The molecule has 0 spiro atoms. The highest BCUT2D eigenvalue weighted by Gasteiger charge is 2.30. The molecule has 2 aromatic rings. The minimum absolute atomic E-state index is 0.00663. The average Bonchev–Trinajstić information content (AvgIpc) is 3.36. The van der Waals surface area contributed by atoms with Crippen LogP contribution in [-0.4, -0.2) is 51.9 Å². The van der Waals surface area contributed by atoms with Gasteiger partial charge in [-0.25, -0.2) is 4.98 Å². The lowest BCUT2D eigenvalue weighted by atomic mass is 9.95. The first-order valence-electron chi connectivity index (χ1n) is 10.3. The summed E-state index contributed by atoms with van der Waals surface area (Å²) in [6, 6.07) is 3.72. The number of rotatable bonds is 4. The van der Waals surface area contributed by atoms with E-state index in [-0.39, 0.29) is 11.5 Å². The maximum atomic E-state index is 12.8. The quantitative estimate of drug-likeness (QED) is 0.860. The van der Waals surface area contributed by atoms with Crippen molar-refractivity contribution in [2.24, 2.45) is 5.92 Å². The minimum atomic E-state index is -0.0657. The molecule has 2 fully saturated rings. The van der Waals surface area contributed by atoms with Gasteiger partial charge in [-0.1, -0.05) is 6.07 Å². The van der Waals surface area contributed by atoms with Crippen molar-refractivity contribution in [3.8, 4) is 0 Å². The van der Waals surface area contributed by atoms with Crippen molar-refractivity contribution >= 4 is 17.2 Å². The zero-order valence-electron chi connectivity index (χ0n) is 16.0. The van der Waals surface area contributed by atoms with E-state index in [2.05, 4.69) is 9.88 Å². The number of amides is 1. The summed E-state index contributed by atoms with van der Waals surface area (Å²) in [6.45, 7) is 4.43. The molecule has 28 heavy (non-hydrogen) atoms. The Morgan fingerprint density at radius 3 is 2.75 bits per heavy atom. The maximum absolute atomic E-state index is 12.8. The highest BCUT2D eigenvalue weighted by molar-refractivity contribution is 7.12. The first-order chi connectivity index (χ1) is 13.7. The Balaban J connectivity index is 1.28. The number of likely N-dealkylation sites (tertiary alicyclic amines) is 1. The van der Waals surface area contributed by atoms with Crippen molar-refractivity contribution in [2.75, 3.05) is 26.2 Å². The second-order valence-corrected chi connectivity index (χ2v) is 9.30. The number of nitrogens with zero attached hydrogens (tertiary/aromatic N) is 3. The van der Waals surface area contributed by atoms with Crippen molar-refractivity contribution in [1.29, 1.82) is 0 Å². The van der Waals surface area contributed by atoms with Gasteiger partial charge < -0.3 is 14.8 Å². The fourth-order valence-corrected chi connectivity index (χ4v) is 5.11. The van der Waals surface area contributed by atoms with E-state index in [1.54, 1.807) is 4.90 Å². The molecule has 0 aromatic carbocycles. The van der Waals surface area contributed by atoms with Crippen LogP contribution >= 0.6 is 11.3 Å². The number of carbonyl (C=O) groups excluding carboxylic acids is 1. The van der Waals surface area contributed by atoms with Crippen LogP contribution in [0, 0.1) is 5.92 Å². The lowest BCUT2D eigenvalue weighted by molar-refractivity contribution is 0.0737. The molecule has 1 amide bonds. The number of aromatic amines is 1. The summed E-state index contributed by atoms with van der Waals surface area (Å²) in [5.41, 5.74) is 1.48. The summed E-state index contributed by atoms with van der Waals surface area (Å²) in [7, 11) is 0. The molecular weight excluding hydrogens is 372 g/mol. The molecule has 6 nitrogen and oxygen atoms in total. The van der Waals surface area contributed by atoms with Crippen LogP contribution in [0.5, 0.6) is 0 Å². The van der Waals surface area contributed by atoms with E-state index >= 15 is 0 Å². The van der Waals surface area contributed by atoms with Gasteiger partial charge >= 0.3 is 0 Å².